The topological polar surface area (TPSA) is 66.3 Å². The Hall–Kier alpha value is -3.02. The van der Waals surface area contributed by atoms with E-state index in [0.717, 1.165) is 29.6 Å². The molecule has 1 atom stereocenters. The monoisotopic (exact) mass is 365 g/mol. The number of hydrogen-bond acceptors (Lipinski definition) is 4. The summed E-state index contributed by atoms with van der Waals surface area (Å²) in [5.41, 5.74) is 1.50. The molecule has 5 nitrogen and oxygen atoms in total. The van der Waals surface area contributed by atoms with Crippen LogP contribution in [-0.2, 0) is 11.2 Å². The molecule has 1 N–H and O–H groups in total. The van der Waals surface area contributed by atoms with E-state index in [1.54, 1.807) is 18.3 Å². The zero-order chi connectivity index (χ0) is 18.9. The third kappa shape index (κ3) is 3.47. The SMILES string of the molecule is O=C(O)[C@@]1(Cc2ccc(F)cc2)CCCN(c2cnc3ccccc3n2)C1. The summed E-state index contributed by atoms with van der Waals surface area (Å²) < 4.78 is 13.2. The molecule has 2 heterocycles. The van der Waals surface area contributed by atoms with Gasteiger partial charge in [0.1, 0.15) is 11.6 Å². The van der Waals surface area contributed by atoms with E-state index < -0.39 is 11.4 Å². The van der Waals surface area contributed by atoms with Gasteiger partial charge < -0.3 is 10.0 Å². The molecule has 1 aliphatic heterocycles. The highest BCUT2D eigenvalue weighted by molar-refractivity contribution is 5.77. The first-order chi connectivity index (χ1) is 13.1. The van der Waals surface area contributed by atoms with Crippen molar-refractivity contribution in [3.8, 4) is 0 Å². The molecule has 1 fully saturated rings. The molecule has 2 aromatic carbocycles. The van der Waals surface area contributed by atoms with Crippen molar-refractivity contribution in [1.82, 2.24) is 9.97 Å². The van der Waals surface area contributed by atoms with Crippen LogP contribution in [0.4, 0.5) is 10.2 Å². The normalized spacial score (nSPS) is 20.0. The van der Waals surface area contributed by atoms with Crippen LogP contribution >= 0.6 is 0 Å². The first-order valence-electron chi connectivity index (χ1n) is 9.00. The highest BCUT2D eigenvalue weighted by atomic mass is 19.1. The van der Waals surface area contributed by atoms with Gasteiger partial charge in [0.05, 0.1) is 22.6 Å². The number of halogens is 1. The summed E-state index contributed by atoms with van der Waals surface area (Å²) in [6, 6.07) is 13.7. The van der Waals surface area contributed by atoms with E-state index in [1.165, 1.54) is 12.1 Å². The maximum atomic E-state index is 13.2. The van der Waals surface area contributed by atoms with Gasteiger partial charge in [0.25, 0.3) is 0 Å². The number of aliphatic carboxylic acids is 1. The molecule has 0 amide bonds. The Balaban J connectivity index is 1.63. The van der Waals surface area contributed by atoms with Crippen LogP contribution in [0.15, 0.2) is 54.7 Å². The second-order valence-electron chi connectivity index (χ2n) is 7.13. The van der Waals surface area contributed by atoms with Gasteiger partial charge in [0.2, 0.25) is 0 Å². The van der Waals surface area contributed by atoms with Crippen molar-refractivity contribution >= 4 is 22.8 Å². The first-order valence-corrected chi connectivity index (χ1v) is 9.00. The largest absolute Gasteiger partial charge is 0.481 e. The number of carbonyl (C=O) groups is 1. The molecule has 27 heavy (non-hydrogen) atoms. The first kappa shape index (κ1) is 17.4. The highest BCUT2D eigenvalue weighted by Crippen LogP contribution is 2.36. The zero-order valence-corrected chi connectivity index (χ0v) is 14.8. The van der Waals surface area contributed by atoms with Crippen molar-refractivity contribution in [1.29, 1.82) is 0 Å². The number of aromatic nitrogens is 2. The van der Waals surface area contributed by atoms with Crippen molar-refractivity contribution in [3.05, 3.63) is 66.1 Å². The molecular weight excluding hydrogens is 345 g/mol. The van der Waals surface area contributed by atoms with Crippen LogP contribution in [0.5, 0.6) is 0 Å². The standard InChI is InChI=1S/C21H20FN3O2/c22-16-8-6-15(7-9-16)12-21(20(26)27)10-3-11-25(14-21)19-13-23-17-4-1-2-5-18(17)24-19/h1-2,4-9,13H,3,10-12,14H2,(H,26,27)/t21-/m1/s1. The predicted molar refractivity (Wildman–Crippen MR) is 101 cm³/mol. The summed E-state index contributed by atoms with van der Waals surface area (Å²) in [6.45, 7) is 1.10. The van der Waals surface area contributed by atoms with Crippen molar-refractivity contribution < 1.29 is 14.3 Å². The van der Waals surface area contributed by atoms with Gasteiger partial charge in [-0.1, -0.05) is 24.3 Å². The van der Waals surface area contributed by atoms with Crippen molar-refractivity contribution in [2.75, 3.05) is 18.0 Å². The Labute approximate surface area is 156 Å². The summed E-state index contributed by atoms with van der Waals surface area (Å²) in [6.07, 6.45) is 3.40. The van der Waals surface area contributed by atoms with Crippen LogP contribution in [0.3, 0.4) is 0 Å². The van der Waals surface area contributed by atoms with E-state index in [2.05, 4.69) is 9.97 Å². The Morgan fingerprint density at radius 2 is 1.89 bits per heavy atom. The summed E-state index contributed by atoms with van der Waals surface area (Å²) in [4.78, 5) is 23.3. The van der Waals surface area contributed by atoms with Gasteiger partial charge >= 0.3 is 5.97 Å². The van der Waals surface area contributed by atoms with Crippen molar-refractivity contribution in [2.24, 2.45) is 5.41 Å². The van der Waals surface area contributed by atoms with Crippen LogP contribution in [0.25, 0.3) is 11.0 Å². The predicted octanol–water partition coefficient (Wildman–Crippen LogP) is 3.68. The Kier molecular flexibility index (Phi) is 4.48. The lowest BCUT2D eigenvalue weighted by Gasteiger charge is -2.40. The maximum absolute atomic E-state index is 13.2. The average molecular weight is 365 g/mol. The summed E-state index contributed by atoms with van der Waals surface area (Å²) in [5.74, 6) is -0.455. The van der Waals surface area contributed by atoms with E-state index in [9.17, 15) is 14.3 Å². The number of nitrogens with zero attached hydrogens (tertiary/aromatic N) is 3. The molecular formula is C21H20FN3O2. The molecule has 0 aliphatic carbocycles. The van der Waals surface area contributed by atoms with Crippen LogP contribution in [0.2, 0.25) is 0 Å². The minimum Gasteiger partial charge on any atom is -0.481 e. The fourth-order valence-corrected chi connectivity index (χ4v) is 3.81. The van der Waals surface area contributed by atoms with Gasteiger partial charge in [0.15, 0.2) is 0 Å². The number of fused-ring (bicyclic) bond motifs is 1. The number of carboxylic acid groups (broad SMARTS) is 1. The second kappa shape index (κ2) is 6.95. The molecule has 1 saturated heterocycles. The van der Waals surface area contributed by atoms with Crippen LogP contribution < -0.4 is 4.90 Å². The molecule has 1 aromatic heterocycles. The molecule has 4 rings (SSSR count). The third-order valence-corrected chi connectivity index (χ3v) is 5.25. The zero-order valence-electron chi connectivity index (χ0n) is 14.8. The fraction of sp³-hybridized carbons (Fsp3) is 0.286. The lowest BCUT2D eigenvalue weighted by molar-refractivity contribution is -0.149. The summed E-state index contributed by atoms with van der Waals surface area (Å²) >= 11 is 0. The number of anilines is 1. The van der Waals surface area contributed by atoms with E-state index in [-0.39, 0.29) is 5.82 Å². The van der Waals surface area contributed by atoms with Crippen molar-refractivity contribution in [3.63, 3.8) is 0 Å². The smallest absolute Gasteiger partial charge is 0.311 e. The highest BCUT2D eigenvalue weighted by Gasteiger charge is 2.43. The van der Waals surface area contributed by atoms with E-state index in [4.69, 9.17) is 0 Å². The van der Waals surface area contributed by atoms with Gasteiger partial charge in [-0.15, -0.1) is 0 Å². The maximum Gasteiger partial charge on any atom is 0.311 e. The third-order valence-electron chi connectivity index (χ3n) is 5.25. The summed E-state index contributed by atoms with van der Waals surface area (Å²) in [5, 5.41) is 10.0. The Morgan fingerprint density at radius 3 is 2.63 bits per heavy atom. The molecule has 1 aliphatic rings. The lowest BCUT2D eigenvalue weighted by atomic mass is 9.75. The molecule has 3 aromatic rings. The van der Waals surface area contributed by atoms with Crippen LogP contribution in [0, 0.1) is 11.2 Å². The van der Waals surface area contributed by atoms with Crippen LogP contribution in [0.1, 0.15) is 18.4 Å². The Bertz CT molecular complexity index is 977. The summed E-state index contributed by atoms with van der Waals surface area (Å²) in [7, 11) is 0. The van der Waals surface area contributed by atoms with E-state index in [1.807, 2.05) is 29.2 Å². The molecule has 0 saturated carbocycles. The average Bonchev–Trinajstić information content (AvgIpc) is 2.69. The Morgan fingerprint density at radius 1 is 1.15 bits per heavy atom. The number of hydrogen-bond donors (Lipinski definition) is 1. The molecule has 0 spiro atoms. The number of rotatable bonds is 4. The van der Waals surface area contributed by atoms with E-state index >= 15 is 0 Å². The van der Waals surface area contributed by atoms with E-state index in [0.29, 0.717) is 25.2 Å². The fourth-order valence-electron chi connectivity index (χ4n) is 3.81. The van der Waals surface area contributed by atoms with Gasteiger partial charge in [-0.2, -0.15) is 0 Å². The van der Waals surface area contributed by atoms with Crippen molar-refractivity contribution in [2.45, 2.75) is 19.3 Å². The molecule has 0 bridgehead atoms. The van der Waals surface area contributed by atoms with Gasteiger partial charge in [-0.05, 0) is 49.1 Å². The molecule has 0 radical (unpaired) electrons. The minimum atomic E-state index is -0.927. The van der Waals surface area contributed by atoms with Gasteiger partial charge in [-0.3, -0.25) is 9.78 Å². The number of para-hydroxylation sites is 2. The van der Waals surface area contributed by atoms with Crippen LogP contribution in [-0.4, -0.2) is 34.1 Å². The molecule has 6 heteroatoms. The molecule has 0 unspecified atom stereocenters. The lowest BCUT2D eigenvalue weighted by Crippen LogP contribution is -2.49. The van der Waals surface area contributed by atoms with Gasteiger partial charge in [0, 0.05) is 13.1 Å². The number of benzene rings is 2. The quantitative estimate of drug-likeness (QED) is 0.764. The second-order valence-corrected chi connectivity index (χ2v) is 7.13. The van der Waals surface area contributed by atoms with Gasteiger partial charge in [-0.25, -0.2) is 9.37 Å². The minimum absolute atomic E-state index is 0.320. The number of carboxylic acids is 1. The molecule has 138 valence electrons. The number of piperidine rings is 1.